The molecule has 0 aliphatic rings. The van der Waals surface area contributed by atoms with Gasteiger partial charge in [0.1, 0.15) is 0 Å². The highest BCUT2D eigenvalue weighted by atomic mass is 35.5. The molecule has 0 N–H and O–H groups in total. The third-order valence-corrected chi connectivity index (χ3v) is 2.49. The molecule has 1 nitrogen and oxygen atoms in total. The number of nitrogens with zero attached hydrogens (tertiary/aromatic N) is 1. The minimum atomic E-state index is 0.813. The van der Waals surface area contributed by atoms with Crippen LogP contribution in [0.1, 0.15) is 12.5 Å². The minimum absolute atomic E-state index is 0.813. The summed E-state index contributed by atoms with van der Waals surface area (Å²) < 4.78 is 0. The maximum Gasteiger partial charge on any atom is 0.0406 e. The second-order valence-corrected chi connectivity index (χ2v) is 3.71. The Morgan fingerprint density at radius 3 is 2.38 bits per heavy atom. The lowest BCUT2D eigenvalue weighted by atomic mass is 10.1. The Bertz CT molecular complexity index is 243. The summed E-state index contributed by atoms with van der Waals surface area (Å²) >= 11 is 5.79. The molecule has 0 heterocycles. The van der Waals surface area contributed by atoms with Crippen molar-refractivity contribution in [3.8, 4) is 0 Å². The van der Waals surface area contributed by atoms with E-state index in [2.05, 4.69) is 31.0 Å². The Kier molecular flexibility index (Phi) is 4.26. The van der Waals surface area contributed by atoms with Crippen molar-refractivity contribution < 1.29 is 0 Å². The predicted molar refractivity (Wildman–Crippen MR) is 58.3 cm³/mol. The van der Waals surface area contributed by atoms with E-state index in [0.717, 1.165) is 24.5 Å². The highest BCUT2D eigenvalue weighted by Crippen LogP contribution is 2.09. The molecule has 2 heteroatoms. The standard InChI is InChI=1S/C11H16ClN/c1-3-13(2)9-8-10-4-6-11(12)7-5-10/h4-7H,3,8-9H2,1-2H3. The van der Waals surface area contributed by atoms with Crippen LogP contribution in [0.4, 0.5) is 0 Å². The summed E-state index contributed by atoms with van der Waals surface area (Å²) in [6, 6.07) is 8.07. The van der Waals surface area contributed by atoms with Gasteiger partial charge in [-0.15, -0.1) is 0 Å². The summed E-state index contributed by atoms with van der Waals surface area (Å²) in [5.74, 6) is 0. The summed E-state index contributed by atoms with van der Waals surface area (Å²) in [4.78, 5) is 2.30. The molecule has 0 bridgehead atoms. The van der Waals surface area contributed by atoms with Crippen LogP contribution in [0.5, 0.6) is 0 Å². The van der Waals surface area contributed by atoms with Crippen LogP contribution in [0.25, 0.3) is 0 Å². The van der Waals surface area contributed by atoms with Gasteiger partial charge in [0.25, 0.3) is 0 Å². The van der Waals surface area contributed by atoms with Crippen LogP contribution < -0.4 is 0 Å². The number of rotatable bonds is 4. The first kappa shape index (κ1) is 10.6. The van der Waals surface area contributed by atoms with Crippen molar-refractivity contribution in [1.82, 2.24) is 4.90 Å². The maximum absolute atomic E-state index is 5.79. The SMILES string of the molecule is CCN(C)CCc1ccc(Cl)cc1. The van der Waals surface area contributed by atoms with Gasteiger partial charge < -0.3 is 4.90 Å². The fourth-order valence-electron chi connectivity index (χ4n) is 1.13. The van der Waals surface area contributed by atoms with E-state index in [1.165, 1.54) is 5.56 Å². The lowest BCUT2D eigenvalue weighted by Gasteiger charge is -2.13. The quantitative estimate of drug-likeness (QED) is 0.718. The Balaban J connectivity index is 2.41. The Labute approximate surface area is 85.3 Å². The van der Waals surface area contributed by atoms with E-state index >= 15 is 0 Å². The van der Waals surface area contributed by atoms with Crippen molar-refractivity contribution in [2.75, 3.05) is 20.1 Å². The van der Waals surface area contributed by atoms with E-state index < -0.39 is 0 Å². The second kappa shape index (κ2) is 5.25. The topological polar surface area (TPSA) is 3.24 Å². The first-order valence-corrected chi connectivity index (χ1v) is 5.03. The van der Waals surface area contributed by atoms with Crippen LogP contribution in [0.15, 0.2) is 24.3 Å². The zero-order valence-electron chi connectivity index (χ0n) is 8.26. The van der Waals surface area contributed by atoms with E-state index in [4.69, 9.17) is 11.6 Å². The van der Waals surface area contributed by atoms with Gasteiger partial charge in [0.05, 0.1) is 0 Å². The van der Waals surface area contributed by atoms with Gasteiger partial charge in [0.15, 0.2) is 0 Å². The van der Waals surface area contributed by atoms with Crippen molar-refractivity contribution in [2.24, 2.45) is 0 Å². The van der Waals surface area contributed by atoms with Gasteiger partial charge in [0, 0.05) is 11.6 Å². The van der Waals surface area contributed by atoms with Gasteiger partial charge in [-0.25, -0.2) is 0 Å². The van der Waals surface area contributed by atoms with E-state index in [1.54, 1.807) is 0 Å². The molecule has 0 aromatic heterocycles. The summed E-state index contributed by atoms with van der Waals surface area (Å²) in [6.45, 7) is 4.38. The molecule has 0 aliphatic heterocycles. The molecule has 0 aliphatic carbocycles. The average Bonchev–Trinajstić information content (AvgIpc) is 2.16. The van der Waals surface area contributed by atoms with Crippen molar-refractivity contribution in [3.63, 3.8) is 0 Å². The van der Waals surface area contributed by atoms with Gasteiger partial charge in [-0.2, -0.15) is 0 Å². The van der Waals surface area contributed by atoms with E-state index in [1.807, 2.05) is 12.1 Å². The maximum atomic E-state index is 5.79. The van der Waals surface area contributed by atoms with Crippen LogP contribution in [-0.4, -0.2) is 25.0 Å². The number of halogens is 1. The van der Waals surface area contributed by atoms with Gasteiger partial charge in [-0.3, -0.25) is 0 Å². The molecule has 72 valence electrons. The molecule has 1 rings (SSSR count). The monoisotopic (exact) mass is 197 g/mol. The zero-order chi connectivity index (χ0) is 9.68. The van der Waals surface area contributed by atoms with Crippen LogP contribution in [0, 0.1) is 0 Å². The van der Waals surface area contributed by atoms with E-state index in [9.17, 15) is 0 Å². The highest BCUT2D eigenvalue weighted by Gasteiger charge is 1.96. The second-order valence-electron chi connectivity index (χ2n) is 3.27. The van der Waals surface area contributed by atoms with Crippen molar-refractivity contribution in [3.05, 3.63) is 34.9 Å². The fourth-order valence-corrected chi connectivity index (χ4v) is 1.26. The first-order valence-electron chi connectivity index (χ1n) is 4.65. The molecule has 0 unspecified atom stereocenters. The molecule has 0 fully saturated rings. The van der Waals surface area contributed by atoms with Crippen LogP contribution in [-0.2, 0) is 6.42 Å². The normalized spacial score (nSPS) is 10.8. The van der Waals surface area contributed by atoms with Gasteiger partial charge in [0.2, 0.25) is 0 Å². The molecule has 0 amide bonds. The van der Waals surface area contributed by atoms with Crippen molar-refractivity contribution in [1.29, 1.82) is 0 Å². The largest absolute Gasteiger partial charge is 0.306 e. The number of benzene rings is 1. The molecule has 1 aromatic carbocycles. The molecule has 0 atom stereocenters. The number of hydrogen-bond acceptors (Lipinski definition) is 1. The van der Waals surface area contributed by atoms with Gasteiger partial charge >= 0.3 is 0 Å². The van der Waals surface area contributed by atoms with Crippen molar-refractivity contribution >= 4 is 11.6 Å². The molecule has 13 heavy (non-hydrogen) atoms. The molecule has 0 saturated carbocycles. The molecule has 1 aromatic rings. The van der Waals surface area contributed by atoms with E-state index in [-0.39, 0.29) is 0 Å². The Hall–Kier alpha value is -0.530. The lowest BCUT2D eigenvalue weighted by molar-refractivity contribution is 0.357. The summed E-state index contributed by atoms with van der Waals surface area (Å²) in [5.41, 5.74) is 1.35. The minimum Gasteiger partial charge on any atom is -0.306 e. The van der Waals surface area contributed by atoms with Crippen LogP contribution in [0.2, 0.25) is 5.02 Å². The number of hydrogen-bond donors (Lipinski definition) is 0. The molecular formula is C11H16ClN. The summed E-state index contributed by atoms with van der Waals surface area (Å²) in [6.07, 6.45) is 1.10. The Morgan fingerprint density at radius 1 is 1.23 bits per heavy atom. The summed E-state index contributed by atoms with van der Waals surface area (Å²) in [7, 11) is 2.13. The smallest absolute Gasteiger partial charge is 0.0406 e. The number of likely N-dealkylation sites (N-methyl/N-ethyl adjacent to an activating group) is 1. The predicted octanol–water partition coefficient (Wildman–Crippen LogP) is 2.83. The third-order valence-electron chi connectivity index (χ3n) is 2.24. The van der Waals surface area contributed by atoms with Crippen molar-refractivity contribution in [2.45, 2.75) is 13.3 Å². The van der Waals surface area contributed by atoms with Gasteiger partial charge in [-0.05, 0) is 37.7 Å². The summed E-state index contributed by atoms with van der Waals surface area (Å²) in [5, 5.41) is 0.813. The lowest BCUT2D eigenvalue weighted by Crippen LogP contribution is -2.20. The Morgan fingerprint density at radius 2 is 1.85 bits per heavy atom. The molecule has 0 radical (unpaired) electrons. The molecule has 0 spiro atoms. The highest BCUT2D eigenvalue weighted by molar-refractivity contribution is 6.30. The van der Waals surface area contributed by atoms with Crippen LogP contribution in [0.3, 0.4) is 0 Å². The fraction of sp³-hybridized carbons (Fsp3) is 0.455. The molecule has 0 saturated heterocycles. The van der Waals surface area contributed by atoms with Gasteiger partial charge in [-0.1, -0.05) is 30.7 Å². The molecular weight excluding hydrogens is 182 g/mol. The third kappa shape index (κ3) is 3.79. The van der Waals surface area contributed by atoms with Crippen LogP contribution >= 0.6 is 11.6 Å². The van der Waals surface area contributed by atoms with E-state index in [0.29, 0.717) is 0 Å². The zero-order valence-corrected chi connectivity index (χ0v) is 9.01. The first-order chi connectivity index (χ1) is 6.22. The average molecular weight is 198 g/mol.